The summed E-state index contributed by atoms with van der Waals surface area (Å²) in [7, 11) is 0. The molecule has 0 spiro atoms. The molecule has 0 atom stereocenters. The van der Waals surface area contributed by atoms with E-state index in [1.807, 2.05) is 48.7 Å². The summed E-state index contributed by atoms with van der Waals surface area (Å²) in [6.07, 6.45) is 1.76. The van der Waals surface area contributed by atoms with Gasteiger partial charge in [0, 0.05) is 35.3 Å². The van der Waals surface area contributed by atoms with Crippen molar-refractivity contribution in [1.82, 2.24) is 4.57 Å². The number of aryl methyl sites for hydroxylation is 1. The van der Waals surface area contributed by atoms with E-state index in [1.54, 1.807) is 24.4 Å². The van der Waals surface area contributed by atoms with Crippen LogP contribution in [0.15, 0.2) is 59.6 Å². The monoisotopic (exact) mass is 353 g/mol. The molecule has 1 aromatic heterocycles. The number of rotatable bonds is 4. The van der Waals surface area contributed by atoms with Crippen LogP contribution in [0.5, 0.6) is 0 Å². The Kier molecular flexibility index (Phi) is 4.67. The Balaban J connectivity index is 2.01. The van der Waals surface area contributed by atoms with Gasteiger partial charge in [-0.15, -0.1) is 0 Å². The van der Waals surface area contributed by atoms with Gasteiger partial charge in [-0.05, 0) is 38.1 Å². The zero-order valence-electron chi connectivity index (χ0n) is 13.8. The molecule has 0 aliphatic carbocycles. The fraction of sp³-hybridized carbons (Fsp3) is 0.105. The molecule has 3 rings (SSSR count). The molecule has 0 saturated heterocycles. The van der Waals surface area contributed by atoms with Gasteiger partial charge in [0.1, 0.15) is 0 Å². The smallest absolute Gasteiger partial charge is 0.271 e. The maximum absolute atomic E-state index is 11.0. The number of nitro groups is 1. The van der Waals surface area contributed by atoms with E-state index in [9.17, 15) is 10.1 Å². The van der Waals surface area contributed by atoms with Gasteiger partial charge in [0.2, 0.25) is 0 Å². The summed E-state index contributed by atoms with van der Waals surface area (Å²) in [5.41, 5.74) is 4.37. The molecular formula is C19H16ClN3O2. The van der Waals surface area contributed by atoms with Crippen molar-refractivity contribution in [3.8, 4) is 5.69 Å². The number of para-hydroxylation sites is 1. The highest BCUT2D eigenvalue weighted by molar-refractivity contribution is 6.33. The summed E-state index contributed by atoms with van der Waals surface area (Å²) < 4.78 is 1.97. The van der Waals surface area contributed by atoms with Crippen LogP contribution in [0.25, 0.3) is 5.69 Å². The highest BCUT2D eigenvalue weighted by Crippen LogP contribution is 2.26. The zero-order valence-corrected chi connectivity index (χ0v) is 14.6. The van der Waals surface area contributed by atoms with Crippen molar-refractivity contribution in [3.05, 3.63) is 86.7 Å². The third kappa shape index (κ3) is 3.46. The number of nitro benzene ring substituents is 1. The Bertz CT molecular complexity index is 977. The maximum atomic E-state index is 11.0. The molecule has 25 heavy (non-hydrogen) atoms. The normalized spacial score (nSPS) is 11.2. The number of hydrogen-bond donors (Lipinski definition) is 0. The fourth-order valence-electron chi connectivity index (χ4n) is 2.76. The van der Waals surface area contributed by atoms with E-state index in [-0.39, 0.29) is 5.69 Å². The Hall–Kier alpha value is -2.92. The second-order valence-electron chi connectivity index (χ2n) is 5.65. The summed E-state index contributed by atoms with van der Waals surface area (Å²) in [5, 5.41) is 11.6. The number of hydrogen-bond acceptors (Lipinski definition) is 3. The van der Waals surface area contributed by atoms with Crippen LogP contribution in [-0.2, 0) is 0 Å². The number of nitrogens with zero attached hydrogens (tertiary/aromatic N) is 3. The van der Waals surface area contributed by atoms with Gasteiger partial charge in [-0.25, -0.2) is 0 Å². The van der Waals surface area contributed by atoms with Crippen molar-refractivity contribution < 1.29 is 4.92 Å². The van der Waals surface area contributed by atoms with Gasteiger partial charge in [0.05, 0.1) is 21.3 Å². The van der Waals surface area contributed by atoms with Crippen LogP contribution >= 0.6 is 11.6 Å². The van der Waals surface area contributed by atoms with Gasteiger partial charge >= 0.3 is 0 Å². The van der Waals surface area contributed by atoms with Crippen LogP contribution in [0.2, 0.25) is 5.02 Å². The fourth-order valence-corrected chi connectivity index (χ4v) is 2.94. The Morgan fingerprint density at radius 2 is 1.88 bits per heavy atom. The van der Waals surface area contributed by atoms with E-state index < -0.39 is 4.92 Å². The van der Waals surface area contributed by atoms with Crippen LogP contribution < -0.4 is 0 Å². The topological polar surface area (TPSA) is 60.4 Å². The highest BCUT2D eigenvalue weighted by atomic mass is 35.5. The molecule has 0 amide bonds. The molecule has 126 valence electrons. The predicted molar refractivity (Wildman–Crippen MR) is 101 cm³/mol. The van der Waals surface area contributed by atoms with E-state index in [4.69, 9.17) is 11.6 Å². The summed E-state index contributed by atoms with van der Waals surface area (Å²) >= 11 is 6.13. The molecule has 0 bridgehead atoms. The van der Waals surface area contributed by atoms with Crippen molar-refractivity contribution in [2.75, 3.05) is 0 Å². The molecule has 2 aromatic carbocycles. The second-order valence-corrected chi connectivity index (χ2v) is 6.06. The maximum Gasteiger partial charge on any atom is 0.271 e. The van der Waals surface area contributed by atoms with Crippen LogP contribution in [0.4, 0.5) is 11.4 Å². The minimum atomic E-state index is -0.391. The molecule has 0 saturated carbocycles. The van der Waals surface area contributed by atoms with E-state index in [0.29, 0.717) is 10.7 Å². The first-order valence-electron chi connectivity index (χ1n) is 7.70. The predicted octanol–water partition coefficient (Wildman–Crippen LogP) is 5.41. The zero-order chi connectivity index (χ0) is 18.0. The van der Waals surface area contributed by atoms with Crippen LogP contribution in [0.1, 0.15) is 17.0 Å². The minimum Gasteiger partial charge on any atom is -0.318 e. The number of aliphatic imine (C=N–C) groups is 1. The van der Waals surface area contributed by atoms with Crippen LogP contribution in [0.3, 0.4) is 0 Å². The van der Waals surface area contributed by atoms with Gasteiger partial charge < -0.3 is 4.57 Å². The van der Waals surface area contributed by atoms with Gasteiger partial charge in [0.25, 0.3) is 5.69 Å². The van der Waals surface area contributed by atoms with E-state index in [0.717, 1.165) is 22.6 Å². The largest absolute Gasteiger partial charge is 0.318 e. The average molecular weight is 354 g/mol. The molecule has 0 fully saturated rings. The van der Waals surface area contributed by atoms with E-state index in [1.165, 1.54) is 6.07 Å². The number of aromatic nitrogens is 1. The molecule has 3 aromatic rings. The van der Waals surface area contributed by atoms with Crippen molar-refractivity contribution in [2.24, 2.45) is 4.99 Å². The Labute approximate surface area is 150 Å². The molecule has 0 N–H and O–H groups in total. The SMILES string of the molecule is Cc1cc(C=Nc2ccccc2Cl)c(C)n1-c1cccc([N+](=O)[O-])c1. The lowest BCUT2D eigenvalue weighted by Crippen LogP contribution is -2.00. The van der Waals surface area contributed by atoms with E-state index in [2.05, 4.69) is 4.99 Å². The standard InChI is InChI=1S/C19H16ClN3O2/c1-13-10-15(12-21-19-9-4-3-8-18(19)20)14(2)22(13)16-6-5-7-17(11-16)23(24)25/h3-12H,1-2H3. The molecule has 6 heteroatoms. The first-order chi connectivity index (χ1) is 12.0. The Morgan fingerprint density at radius 1 is 1.12 bits per heavy atom. The third-order valence-electron chi connectivity index (χ3n) is 3.96. The molecular weight excluding hydrogens is 338 g/mol. The lowest BCUT2D eigenvalue weighted by Gasteiger charge is -2.09. The summed E-state index contributed by atoms with van der Waals surface area (Å²) in [4.78, 5) is 15.1. The van der Waals surface area contributed by atoms with Crippen molar-refractivity contribution in [1.29, 1.82) is 0 Å². The first kappa shape index (κ1) is 16.9. The molecule has 1 heterocycles. The molecule has 0 unspecified atom stereocenters. The van der Waals surface area contributed by atoms with Crippen LogP contribution in [-0.4, -0.2) is 15.7 Å². The van der Waals surface area contributed by atoms with Gasteiger partial charge in [-0.2, -0.15) is 0 Å². The number of benzene rings is 2. The first-order valence-corrected chi connectivity index (χ1v) is 8.07. The lowest BCUT2D eigenvalue weighted by molar-refractivity contribution is -0.384. The molecule has 0 radical (unpaired) electrons. The lowest BCUT2D eigenvalue weighted by atomic mass is 10.2. The van der Waals surface area contributed by atoms with Gasteiger partial charge in [0.15, 0.2) is 0 Å². The van der Waals surface area contributed by atoms with Gasteiger partial charge in [-0.3, -0.25) is 15.1 Å². The Morgan fingerprint density at radius 3 is 2.60 bits per heavy atom. The minimum absolute atomic E-state index is 0.0660. The van der Waals surface area contributed by atoms with Crippen molar-refractivity contribution in [2.45, 2.75) is 13.8 Å². The van der Waals surface area contributed by atoms with Crippen LogP contribution in [0, 0.1) is 24.0 Å². The van der Waals surface area contributed by atoms with Gasteiger partial charge in [-0.1, -0.05) is 29.8 Å². The quantitative estimate of drug-likeness (QED) is 0.358. The molecule has 0 aliphatic heterocycles. The van der Waals surface area contributed by atoms with E-state index >= 15 is 0 Å². The average Bonchev–Trinajstić information content (AvgIpc) is 2.88. The third-order valence-corrected chi connectivity index (χ3v) is 4.28. The molecule has 0 aliphatic rings. The number of halogens is 1. The summed E-state index contributed by atoms with van der Waals surface area (Å²) in [6, 6.07) is 16.0. The highest BCUT2D eigenvalue weighted by Gasteiger charge is 2.12. The summed E-state index contributed by atoms with van der Waals surface area (Å²) in [6.45, 7) is 3.92. The van der Waals surface area contributed by atoms with Crippen molar-refractivity contribution in [3.63, 3.8) is 0 Å². The van der Waals surface area contributed by atoms with Crippen molar-refractivity contribution >= 4 is 29.2 Å². The summed E-state index contributed by atoms with van der Waals surface area (Å²) in [5.74, 6) is 0. The molecule has 5 nitrogen and oxygen atoms in total. The number of non-ortho nitro benzene ring substituents is 1. The second kappa shape index (κ2) is 6.91.